The fourth-order valence-electron chi connectivity index (χ4n) is 4.94. The molecular formula is C26H35NO3. The van der Waals surface area contributed by atoms with Crippen molar-refractivity contribution in [3.8, 4) is 5.75 Å². The number of rotatable bonds is 8. The average molecular weight is 410 g/mol. The molecule has 0 saturated heterocycles. The van der Waals surface area contributed by atoms with E-state index in [4.69, 9.17) is 9.47 Å². The Hall–Kier alpha value is -2.33. The van der Waals surface area contributed by atoms with E-state index in [2.05, 4.69) is 50.2 Å². The zero-order valence-electron chi connectivity index (χ0n) is 18.8. The molecule has 0 amide bonds. The van der Waals surface area contributed by atoms with Crippen LogP contribution in [0.3, 0.4) is 0 Å². The van der Waals surface area contributed by atoms with Crippen LogP contribution in [0.2, 0.25) is 0 Å². The van der Waals surface area contributed by atoms with Crippen molar-refractivity contribution in [2.24, 2.45) is 5.92 Å². The molecule has 1 aliphatic rings. The maximum Gasteiger partial charge on any atom is 0.303 e. The lowest BCUT2D eigenvalue weighted by Gasteiger charge is -2.48. The summed E-state index contributed by atoms with van der Waals surface area (Å²) in [6, 6.07) is 18.6. The molecule has 3 atom stereocenters. The van der Waals surface area contributed by atoms with Crippen molar-refractivity contribution in [1.82, 2.24) is 4.90 Å². The van der Waals surface area contributed by atoms with Gasteiger partial charge in [0.15, 0.2) is 0 Å². The minimum atomic E-state index is -0.458. The maximum atomic E-state index is 12.1. The number of carbonyl (C=O) groups excluding carboxylic acids is 1. The van der Waals surface area contributed by atoms with Crippen LogP contribution >= 0.6 is 0 Å². The van der Waals surface area contributed by atoms with Gasteiger partial charge in [-0.25, -0.2) is 0 Å². The van der Waals surface area contributed by atoms with Crippen molar-refractivity contribution in [1.29, 1.82) is 0 Å². The van der Waals surface area contributed by atoms with Gasteiger partial charge >= 0.3 is 5.97 Å². The maximum absolute atomic E-state index is 12.1. The van der Waals surface area contributed by atoms with E-state index in [1.165, 1.54) is 12.5 Å². The monoisotopic (exact) mass is 409 g/mol. The van der Waals surface area contributed by atoms with Crippen molar-refractivity contribution >= 4 is 5.97 Å². The molecule has 4 nitrogen and oxygen atoms in total. The summed E-state index contributed by atoms with van der Waals surface area (Å²) < 4.78 is 12.1. The van der Waals surface area contributed by atoms with E-state index in [-0.39, 0.29) is 17.8 Å². The predicted molar refractivity (Wildman–Crippen MR) is 121 cm³/mol. The topological polar surface area (TPSA) is 38.8 Å². The second kappa shape index (κ2) is 10.1. The molecule has 0 aromatic heterocycles. The first kappa shape index (κ1) is 22.4. The average Bonchev–Trinajstić information content (AvgIpc) is 2.73. The normalized spacial score (nSPS) is 22.5. The summed E-state index contributed by atoms with van der Waals surface area (Å²) in [6.45, 7) is 5.21. The summed E-state index contributed by atoms with van der Waals surface area (Å²) in [7, 11) is 4.16. The quantitative estimate of drug-likeness (QED) is 0.546. The van der Waals surface area contributed by atoms with E-state index >= 15 is 0 Å². The van der Waals surface area contributed by atoms with Gasteiger partial charge in [-0.2, -0.15) is 0 Å². The van der Waals surface area contributed by atoms with Crippen molar-refractivity contribution in [2.45, 2.75) is 57.7 Å². The van der Waals surface area contributed by atoms with Crippen molar-refractivity contribution in [2.75, 3.05) is 20.6 Å². The van der Waals surface area contributed by atoms with E-state index < -0.39 is 5.60 Å². The molecule has 162 valence electrons. The van der Waals surface area contributed by atoms with Crippen LogP contribution in [-0.4, -0.2) is 37.1 Å². The summed E-state index contributed by atoms with van der Waals surface area (Å²) in [5, 5.41) is 0. The SMILES string of the molecule is CC(=O)OC1(C(C)CN(C)C)CCCCC1c1ccc(OCc2ccccc2)cc1. The molecule has 3 unspecified atom stereocenters. The van der Waals surface area contributed by atoms with E-state index in [1.807, 2.05) is 30.3 Å². The first-order valence-corrected chi connectivity index (χ1v) is 11.0. The summed E-state index contributed by atoms with van der Waals surface area (Å²) in [5.41, 5.74) is 1.93. The molecule has 2 aromatic carbocycles. The second-order valence-corrected chi connectivity index (χ2v) is 8.85. The minimum absolute atomic E-state index is 0.185. The van der Waals surface area contributed by atoms with Gasteiger partial charge in [-0.05, 0) is 56.6 Å². The molecule has 0 bridgehead atoms. The fourth-order valence-corrected chi connectivity index (χ4v) is 4.94. The van der Waals surface area contributed by atoms with E-state index in [9.17, 15) is 4.79 Å². The summed E-state index contributed by atoms with van der Waals surface area (Å²) in [4.78, 5) is 14.3. The third-order valence-corrected chi connectivity index (χ3v) is 6.24. The summed E-state index contributed by atoms with van der Waals surface area (Å²) >= 11 is 0. The number of nitrogens with zero attached hydrogens (tertiary/aromatic N) is 1. The van der Waals surface area contributed by atoms with Gasteiger partial charge in [0.2, 0.25) is 0 Å². The van der Waals surface area contributed by atoms with E-state index in [0.717, 1.165) is 43.5 Å². The molecule has 3 rings (SSSR count). The highest BCUT2D eigenvalue weighted by molar-refractivity contribution is 5.67. The third-order valence-electron chi connectivity index (χ3n) is 6.24. The van der Waals surface area contributed by atoms with Crippen LogP contribution in [0.25, 0.3) is 0 Å². The molecule has 1 saturated carbocycles. The Kier molecular flexibility index (Phi) is 7.54. The highest BCUT2D eigenvalue weighted by Crippen LogP contribution is 2.48. The molecule has 30 heavy (non-hydrogen) atoms. The smallest absolute Gasteiger partial charge is 0.303 e. The number of benzene rings is 2. The fraction of sp³-hybridized carbons (Fsp3) is 0.500. The van der Waals surface area contributed by atoms with Crippen molar-refractivity contribution in [3.05, 3.63) is 65.7 Å². The van der Waals surface area contributed by atoms with Crippen LogP contribution in [0.4, 0.5) is 0 Å². The van der Waals surface area contributed by atoms with Gasteiger partial charge in [0, 0.05) is 25.3 Å². The molecule has 0 aliphatic heterocycles. The molecule has 1 fully saturated rings. The van der Waals surface area contributed by atoms with Gasteiger partial charge in [0.25, 0.3) is 0 Å². The lowest BCUT2D eigenvalue weighted by atomic mass is 9.66. The van der Waals surface area contributed by atoms with Gasteiger partial charge in [0.05, 0.1) is 0 Å². The molecule has 0 spiro atoms. The number of carbonyl (C=O) groups is 1. The van der Waals surface area contributed by atoms with Crippen molar-refractivity contribution in [3.63, 3.8) is 0 Å². The number of hydrogen-bond acceptors (Lipinski definition) is 4. The Morgan fingerprint density at radius 1 is 1.10 bits per heavy atom. The Morgan fingerprint density at radius 3 is 2.43 bits per heavy atom. The first-order chi connectivity index (χ1) is 14.4. The van der Waals surface area contributed by atoms with Crippen molar-refractivity contribution < 1.29 is 14.3 Å². The van der Waals surface area contributed by atoms with Crippen LogP contribution in [0, 0.1) is 5.92 Å². The van der Waals surface area contributed by atoms with Gasteiger partial charge in [0.1, 0.15) is 18.0 Å². The summed E-state index contributed by atoms with van der Waals surface area (Å²) in [5.74, 6) is 1.12. The summed E-state index contributed by atoms with van der Waals surface area (Å²) in [6.07, 6.45) is 4.21. The molecule has 1 aliphatic carbocycles. The second-order valence-electron chi connectivity index (χ2n) is 8.85. The highest BCUT2D eigenvalue weighted by atomic mass is 16.6. The zero-order valence-corrected chi connectivity index (χ0v) is 18.8. The first-order valence-electron chi connectivity index (χ1n) is 11.0. The lowest BCUT2D eigenvalue weighted by molar-refractivity contribution is -0.172. The van der Waals surface area contributed by atoms with Crippen LogP contribution in [0.15, 0.2) is 54.6 Å². The molecule has 4 heteroatoms. The number of ether oxygens (including phenoxy) is 2. The highest BCUT2D eigenvalue weighted by Gasteiger charge is 2.48. The van der Waals surface area contributed by atoms with Crippen LogP contribution in [-0.2, 0) is 16.1 Å². The number of esters is 1. The molecular weight excluding hydrogens is 374 g/mol. The Balaban J connectivity index is 1.80. The standard InChI is InChI=1S/C26H35NO3/c1-20(18-27(3)4)26(30-21(2)28)17-9-8-12-25(26)23-13-15-24(16-14-23)29-19-22-10-6-5-7-11-22/h5-7,10-11,13-16,20,25H,8-9,12,17-19H2,1-4H3. The predicted octanol–water partition coefficient (Wildman–Crippen LogP) is 5.42. The van der Waals surface area contributed by atoms with E-state index in [0.29, 0.717) is 6.61 Å². The van der Waals surface area contributed by atoms with Gasteiger partial charge in [-0.3, -0.25) is 4.79 Å². The Bertz CT molecular complexity index is 803. The van der Waals surface area contributed by atoms with Gasteiger partial charge in [-0.15, -0.1) is 0 Å². The number of hydrogen-bond donors (Lipinski definition) is 0. The third kappa shape index (κ3) is 5.42. The molecule has 0 radical (unpaired) electrons. The van der Waals surface area contributed by atoms with Gasteiger partial charge < -0.3 is 14.4 Å². The van der Waals surface area contributed by atoms with Crippen LogP contribution in [0.1, 0.15) is 56.6 Å². The van der Waals surface area contributed by atoms with Crippen LogP contribution in [0.5, 0.6) is 5.75 Å². The van der Waals surface area contributed by atoms with Crippen LogP contribution < -0.4 is 4.74 Å². The largest absolute Gasteiger partial charge is 0.489 e. The Labute approximate surface area is 181 Å². The van der Waals surface area contributed by atoms with Gasteiger partial charge in [-0.1, -0.05) is 55.8 Å². The molecule has 2 aromatic rings. The minimum Gasteiger partial charge on any atom is -0.489 e. The molecule has 0 N–H and O–H groups in total. The van der Waals surface area contributed by atoms with E-state index in [1.54, 1.807) is 0 Å². The zero-order chi connectivity index (χ0) is 21.6. The lowest BCUT2D eigenvalue weighted by Crippen LogP contribution is -2.51. The molecule has 0 heterocycles. The Morgan fingerprint density at radius 2 is 1.80 bits per heavy atom.